The molecule has 0 bridgehead atoms. The van der Waals surface area contributed by atoms with Crippen LogP contribution in [-0.4, -0.2) is 282 Å². The molecule has 648 valence electrons. The van der Waals surface area contributed by atoms with Gasteiger partial charge in [0.15, 0.2) is 0 Å². The highest BCUT2D eigenvalue weighted by Crippen LogP contribution is 2.24. The second-order valence-electron chi connectivity index (χ2n) is 29.1. The summed E-state index contributed by atoms with van der Waals surface area (Å²) in [4.78, 5) is 251. The van der Waals surface area contributed by atoms with Gasteiger partial charge in [-0.15, -0.1) is 0 Å². The Hall–Kier alpha value is -15.3. The first-order chi connectivity index (χ1) is 59.2. The van der Waals surface area contributed by atoms with Gasteiger partial charge in [0.1, 0.15) is 101 Å². The zero-order valence-electron chi connectivity index (χ0n) is 67.2. The van der Waals surface area contributed by atoms with Crippen molar-refractivity contribution in [1.29, 1.82) is 0 Å². The topological polar surface area (TPSA) is 504 Å². The molecule has 9 amide bonds. The number of aliphatic carboxylic acids is 8. The Morgan fingerprint density at radius 3 is 0.427 bits per heavy atom. The summed E-state index contributed by atoms with van der Waals surface area (Å²) >= 11 is 0. The molecule has 0 aliphatic rings. The van der Waals surface area contributed by atoms with Crippen LogP contribution in [0.25, 0.3) is 0 Å². The van der Waals surface area contributed by atoms with E-state index in [0.717, 1.165) is 6.92 Å². The number of carbonyl (C=O) groups excluding carboxylic acids is 9. The third-order valence-corrected chi connectivity index (χ3v) is 20.6. The molecule has 124 heavy (non-hydrogen) atoms. The minimum absolute atomic E-state index is 0.120. The van der Waals surface area contributed by atoms with Gasteiger partial charge in [0.2, 0.25) is 53.2 Å². The van der Waals surface area contributed by atoms with Gasteiger partial charge in [-0.1, -0.05) is 243 Å². The fraction of sp³-hybridized carbons (Fsp3) is 0.278. The molecule has 8 aromatic carbocycles. The molecule has 0 aliphatic heterocycles. The van der Waals surface area contributed by atoms with Crippen molar-refractivity contribution in [3.63, 3.8) is 0 Å². The number of primary amides is 1. The molecule has 34 nitrogen and oxygen atoms in total. The van der Waals surface area contributed by atoms with Gasteiger partial charge in [0.05, 0.1) is 0 Å². The highest BCUT2D eigenvalue weighted by atomic mass is 16.4. The lowest BCUT2D eigenvalue weighted by Crippen LogP contribution is -2.61. The Balaban J connectivity index is 1.29. The normalized spacial score (nSPS) is 12.8. The zero-order chi connectivity index (χ0) is 90.3. The molecule has 0 heterocycles. The molecule has 0 unspecified atom stereocenters. The van der Waals surface area contributed by atoms with Crippen molar-refractivity contribution in [2.45, 2.75) is 107 Å². The van der Waals surface area contributed by atoms with E-state index in [0.29, 0.717) is 50.3 Å². The summed E-state index contributed by atoms with van der Waals surface area (Å²) in [6.45, 7) is -11.0. The van der Waals surface area contributed by atoms with Crippen LogP contribution in [0.4, 0.5) is 0 Å². The Morgan fingerprint density at radius 2 is 0.315 bits per heavy atom. The van der Waals surface area contributed by atoms with Gasteiger partial charge in [-0.25, -0.2) is 38.4 Å². The van der Waals surface area contributed by atoms with Gasteiger partial charge in [-0.3, -0.25) is 43.2 Å². The molecule has 34 heteroatoms. The molecule has 0 saturated carbocycles. The number of benzene rings is 8. The maximum Gasteiger partial charge on any atom is 0.326 e. The third-order valence-electron chi connectivity index (χ3n) is 20.6. The van der Waals surface area contributed by atoms with Crippen LogP contribution in [0.5, 0.6) is 0 Å². The molecule has 10 N–H and O–H groups in total. The van der Waals surface area contributed by atoms with E-state index >= 15 is 33.6 Å². The van der Waals surface area contributed by atoms with Gasteiger partial charge in [-0.05, 0) is 44.5 Å². The maximum absolute atomic E-state index is 16.2. The van der Waals surface area contributed by atoms with Gasteiger partial charge >= 0.3 is 47.8 Å². The number of hydrogen-bond donors (Lipinski definition) is 9. The maximum atomic E-state index is 16.2. The summed E-state index contributed by atoms with van der Waals surface area (Å²) in [7, 11) is 0. The predicted molar refractivity (Wildman–Crippen MR) is 441 cm³/mol. The lowest BCUT2D eigenvalue weighted by Gasteiger charge is -2.38. The van der Waals surface area contributed by atoms with Crippen molar-refractivity contribution in [2.75, 3.05) is 52.4 Å². The van der Waals surface area contributed by atoms with E-state index in [2.05, 4.69) is 0 Å². The first-order valence-electron chi connectivity index (χ1n) is 38.9. The van der Waals surface area contributed by atoms with E-state index < -0.39 is 253 Å². The number of carboxylic acid groups (broad SMARTS) is 8. The van der Waals surface area contributed by atoms with Crippen molar-refractivity contribution in [3.8, 4) is 0 Å². The van der Waals surface area contributed by atoms with Crippen molar-refractivity contribution < 1.29 is 122 Å². The molecule has 0 aliphatic carbocycles. The van der Waals surface area contributed by atoms with E-state index in [4.69, 9.17) is 5.73 Å². The van der Waals surface area contributed by atoms with Crippen LogP contribution in [0.2, 0.25) is 0 Å². The smallest absolute Gasteiger partial charge is 0.326 e. The fourth-order valence-electron chi connectivity index (χ4n) is 14.2. The van der Waals surface area contributed by atoms with Crippen LogP contribution in [0, 0.1) is 0 Å². The second kappa shape index (κ2) is 45.8. The van der Waals surface area contributed by atoms with Crippen LogP contribution in [0.3, 0.4) is 0 Å². The molecular formula is C90H93N9O25. The standard InChI is InChI=1S/C90H93N9O25/c1-58(100)92(67(83(109)110)42-59-26-10-2-11-27-59)51-76(102)94(69(85(113)114)44-61-30-14-4-15-31-61)53-78(104)96(71(87(117)118)46-63-34-18-6-19-35-63)55-80(106)98(73(89(121)122)48-65-38-22-8-23-39-65)57-82(108)99(74(90(123)124)49-66-40-24-9-25-41-66)56-81(107)97(72(88(119)120)47-64-36-20-7-21-37-64)54-79(105)95(70(86(115)116)45-62-32-16-5-17-33-62)52-77(103)93(50-75(91)101)68(84(111)112)43-60-28-12-3-13-29-60/h2-41,67-74H,42-57H2,1H3,(H2,91,101)(H,109,110)(H,111,112)(H,113,114)(H,115,116)(H,117,118)(H,119,120)(H,121,122)(H,123,124)/t67-,68-,69-,70-,71-,72-,73-,74-/m0/s1. The third kappa shape index (κ3) is 27.4. The molecule has 8 atom stereocenters. The summed E-state index contributed by atoms with van der Waals surface area (Å²) in [5, 5.41) is 89.3. The molecule has 0 aromatic heterocycles. The van der Waals surface area contributed by atoms with Gasteiger partial charge < -0.3 is 85.8 Å². The molecule has 8 aromatic rings. The molecular weight excluding hydrogens is 1610 g/mol. The molecule has 0 fully saturated rings. The Bertz CT molecular complexity index is 5080. The summed E-state index contributed by atoms with van der Waals surface area (Å²) in [6.07, 6.45) is -5.17. The van der Waals surface area contributed by atoms with E-state index in [1.54, 1.807) is 54.6 Å². The van der Waals surface area contributed by atoms with Crippen LogP contribution in [-0.2, 0) is 133 Å². The quantitative estimate of drug-likeness (QED) is 0.0262. The van der Waals surface area contributed by atoms with Gasteiger partial charge in [0.25, 0.3) is 0 Å². The second-order valence-corrected chi connectivity index (χ2v) is 29.1. The van der Waals surface area contributed by atoms with Crippen molar-refractivity contribution in [3.05, 3.63) is 287 Å². The SMILES string of the molecule is CC(=O)N(CC(=O)N(CC(=O)N(CC(=O)N(CC(=O)N(CC(=O)N(CC(=O)N(CC(=O)N(CC(N)=O)[C@@H](Cc1ccccc1)C(=O)O)[C@@H](Cc1ccccc1)C(=O)O)[C@@H](Cc1ccccc1)C(=O)O)[C@@H](Cc1ccccc1)C(=O)O)[C@@H](Cc1ccccc1)C(=O)O)[C@@H](Cc1ccccc1)C(=O)O)[C@@H](Cc1ccccc1)C(=O)O)[C@@H](Cc1ccccc1)C(=O)O. The monoisotopic (exact) mass is 1700 g/mol. The molecule has 0 spiro atoms. The lowest BCUT2D eigenvalue weighted by molar-refractivity contribution is -0.163. The largest absolute Gasteiger partial charge is 0.480 e. The minimum Gasteiger partial charge on any atom is -0.480 e. The number of hydrogen-bond acceptors (Lipinski definition) is 17. The Kier molecular flexibility index (Phi) is 34.8. The van der Waals surface area contributed by atoms with Crippen molar-refractivity contribution in [1.82, 2.24) is 39.2 Å². The highest BCUT2D eigenvalue weighted by Gasteiger charge is 2.46. The van der Waals surface area contributed by atoms with Gasteiger partial charge in [-0.2, -0.15) is 0 Å². The number of rotatable bonds is 48. The van der Waals surface area contributed by atoms with E-state index in [1.807, 2.05) is 0 Å². The van der Waals surface area contributed by atoms with Crippen LogP contribution in [0.1, 0.15) is 51.4 Å². The average Bonchev–Trinajstić information content (AvgIpc) is 0.794. The number of carbonyl (C=O) groups is 17. The van der Waals surface area contributed by atoms with Crippen LogP contribution >= 0.6 is 0 Å². The summed E-state index contributed by atoms with van der Waals surface area (Å²) in [6, 6.07) is 42.1. The molecule has 0 saturated heterocycles. The van der Waals surface area contributed by atoms with E-state index in [9.17, 15) is 88.8 Å². The predicted octanol–water partition coefficient (Wildman–Crippen LogP) is 3.69. The van der Waals surface area contributed by atoms with E-state index in [-0.39, 0.29) is 33.4 Å². The summed E-state index contributed by atoms with van der Waals surface area (Å²) in [5.41, 5.74) is 7.28. The number of amides is 9. The van der Waals surface area contributed by atoms with Gasteiger partial charge in [0, 0.05) is 58.3 Å². The first-order valence-corrected chi connectivity index (χ1v) is 38.9. The van der Waals surface area contributed by atoms with E-state index in [1.165, 1.54) is 188 Å². The average molecular weight is 1700 g/mol. The molecule has 0 radical (unpaired) electrons. The lowest BCUT2D eigenvalue weighted by atomic mass is 10.0. The van der Waals surface area contributed by atoms with Crippen LogP contribution < -0.4 is 5.73 Å². The fourth-order valence-corrected chi connectivity index (χ4v) is 14.2. The zero-order valence-corrected chi connectivity index (χ0v) is 67.2. The number of nitrogens with zero attached hydrogens (tertiary/aromatic N) is 8. The minimum atomic E-state index is -2.35. The Labute approximate surface area is 711 Å². The van der Waals surface area contributed by atoms with Crippen molar-refractivity contribution in [2.24, 2.45) is 5.73 Å². The Morgan fingerprint density at radius 1 is 0.202 bits per heavy atom. The highest BCUT2D eigenvalue weighted by molar-refractivity contribution is 6.00. The number of carboxylic acids is 8. The van der Waals surface area contributed by atoms with Crippen LogP contribution in [0.15, 0.2) is 243 Å². The summed E-state index contributed by atoms with van der Waals surface area (Å²) in [5.74, 6) is -27.8. The summed E-state index contributed by atoms with van der Waals surface area (Å²) < 4.78 is 0. The number of nitrogens with two attached hydrogens (primary N) is 1. The van der Waals surface area contributed by atoms with Crippen molar-refractivity contribution >= 4 is 101 Å². The molecule has 8 rings (SSSR count). The first kappa shape index (κ1) is 94.2.